The molecule has 0 heterocycles. The van der Waals surface area contributed by atoms with E-state index in [4.69, 9.17) is 4.74 Å². The van der Waals surface area contributed by atoms with E-state index in [1.54, 1.807) is 13.0 Å². The first-order chi connectivity index (χ1) is 6.64. The first-order valence-electron chi connectivity index (χ1n) is 5.13. The summed E-state index contributed by atoms with van der Waals surface area (Å²) in [5.41, 5.74) is -0.546. The van der Waals surface area contributed by atoms with Crippen molar-refractivity contribution in [3.63, 3.8) is 0 Å². The molecule has 1 aliphatic rings. The molecular weight excluding hydrogens is 180 g/mol. The zero-order chi connectivity index (χ0) is 10.6. The molecule has 0 aromatic carbocycles. The van der Waals surface area contributed by atoms with Crippen molar-refractivity contribution in [3.8, 4) is 0 Å². The second kappa shape index (κ2) is 4.60. The van der Waals surface area contributed by atoms with Crippen molar-refractivity contribution >= 4 is 5.97 Å². The van der Waals surface area contributed by atoms with Gasteiger partial charge in [-0.15, -0.1) is 6.58 Å². The molecule has 80 valence electrons. The summed E-state index contributed by atoms with van der Waals surface area (Å²) in [5, 5.41) is 9.36. The molecule has 1 aliphatic carbocycles. The summed E-state index contributed by atoms with van der Waals surface area (Å²) in [4.78, 5) is 11.7. The fourth-order valence-corrected chi connectivity index (χ4v) is 1.88. The molecule has 0 saturated heterocycles. The molecule has 0 aliphatic heterocycles. The Labute approximate surface area is 84.8 Å². The molecule has 3 heteroatoms. The Bertz CT molecular complexity index is 215. The maximum atomic E-state index is 11.7. The van der Waals surface area contributed by atoms with Crippen LogP contribution in [0.2, 0.25) is 0 Å². The van der Waals surface area contributed by atoms with Gasteiger partial charge in [-0.05, 0) is 32.6 Å². The number of rotatable bonds is 3. The lowest BCUT2D eigenvalue weighted by Gasteiger charge is -2.33. The maximum Gasteiger partial charge on any atom is 0.315 e. The van der Waals surface area contributed by atoms with Crippen molar-refractivity contribution in [2.45, 2.75) is 38.7 Å². The number of carbonyl (C=O) groups is 1. The predicted molar refractivity (Wildman–Crippen MR) is 53.7 cm³/mol. The van der Waals surface area contributed by atoms with Crippen LogP contribution in [0, 0.1) is 5.41 Å². The highest BCUT2D eigenvalue weighted by Gasteiger charge is 2.40. The van der Waals surface area contributed by atoms with Crippen molar-refractivity contribution in [1.29, 1.82) is 0 Å². The normalized spacial score (nSPS) is 32.3. The zero-order valence-corrected chi connectivity index (χ0v) is 8.66. The molecule has 1 fully saturated rings. The smallest absolute Gasteiger partial charge is 0.315 e. The Hall–Kier alpha value is -0.830. The average Bonchev–Trinajstić information content (AvgIpc) is 2.20. The number of esters is 1. The van der Waals surface area contributed by atoms with Gasteiger partial charge in [0.05, 0.1) is 18.1 Å². The van der Waals surface area contributed by atoms with Crippen molar-refractivity contribution < 1.29 is 14.6 Å². The van der Waals surface area contributed by atoms with E-state index in [0.29, 0.717) is 32.3 Å². The maximum absolute atomic E-state index is 11.7. The summed E-state index contributed by atoms with van der Waals surface area (Å²) in [6.45, 7) is 5.90. The molecule has 1 N–H and O–H groups in total. The Balaban J connectivity index is 2.67. The van der Waals surface area contributed by atoms with Crippen LogP contribution in [0.1, 0.15) is 32.6 Å². The lowest BCUT2D eigenvalue weighted by atomic mass is 9.73. The number of carbonyl (C=O) groups excluding carboxylic acids is 1. The first-order valence-corrected chi connectivity index (χ1v) is 5.13. The molecule has 0 amide bonds. The zero-order valence-electron chi connectivity index (χ0n) is 8.66. The number of hydrogen-bond acceptors (Lipinski definition) is 3. The van der Waals surface area contributed by atoms with Crippen molar-refractivity contribution in [3.05, 3.63) is 12.7 Å². The quantitative estimate of drug-likeness (QED) is 0.554. The van der Waals surface area contributed by atoms with E-state index < -0.39 is 5.41 Å². The summed E-state index contributed by atoms with van der Waals surface area (Å²) in [6, 6.07) is 0. The van der Waals surface area contributed by atoms with Gasteiger partial charge in [0.25, 0.3) is 0 Å². The van der Waals surface area contributed by atoms with Gasteiger partial charge in [0.2, 0.25) is 0 Å². The van der Waals surface area contributed by atoms with Crippen LogP contribution in [0.15, 0.2) is 12.7 Å². The van der Waals surface area contributed by atoms with Gasteiger partial charge in [-0.2, -0.15) is 0 Å². The number of ether oxygens (including phenoxy) is 1. The standard InChI is InChI=1S/C11H18O3/c1-3-11(10(13)14-4-2)7-5-9(12)6-8-11/h3,9,12H,1,4-8H2,2H3. The Kier molecular flexibility index (Phi) is 3.69. The largest absolute Gasteiger partial charge is 0.465 e. The number of hydrogen-bond donors (Lipinski definition) is 1. The molecule has 14 heavy (non-hydrogen) atoms. The van der Waals surface area contributed by atoms with Crippen LogP contribution in [0.3, 0.4) is 0 Å². The summed E-state index contributed by atoms with van der Waals surface area (Å²) < 4.78 is 5.02. The van der Waals surface area contributed by atoms with E-state index in [0.717, 1.165) is 0 Å². The monoisotopic (exact) mass is 198 g/mol. The lowest BCUT2D eigenvalue weighted by Crippen LogP contribution is -2.36. The second-order valence-electron chi connectivity index (χ2n) is 3.81. The van der Waals surface area contributed by atoms with Crippen LogP contribution in [0.5, 0.6) is 0 Å². The molecule has 1 saturated carbocycles. The summed E-state index contributed by atoms with van der Waals surface area (Å²) in [6.07, 6.45) is 4.03. The van der Waals surface area contributed by atoms with Crippen LogP contribution >= 0.6 is 0 Å². The fraction of sp³-hybridized carbons (Fsp3) is 0.727. The molecule has 0 aromatic rings. The van der Waals surface area contributed by atoms with Crippen molar-refractivity contribution in [2.75, 3.05) is 6.61 Å². The van der Waals surface area contributed by atoms with Crippen LogP contribution in [0.4, 0.5) is 0 Å². The molecule has 0 radical (unpaired) electrons. The van der Waals surface area contributed by atoms with Gasteiger partial charge >= 0.3 is 5.97 Å². The molecule has 0 bridgehead atoms. The molecule has 1 rings (SSSR count). The third-order valence-corrected chi connectivity index (χ3v) is 2.92. The minimum absolute atomic E-state index is 0.193. The lowest BCUT2D eigenvalue weighted by molar-refractivity contribution is -0.155. The average molecular weight is 198 g/mol. The van der Waals surface area contributed by atoms with Gasteiger partial charge in [-0.25, -0.2) is 0 Å². The van der Waals surface area contributed by atoms with E-state index in [9.17, 15) is 9.90 Å². The highest BCUT2D eigenvalue weighted by Crippen LogP contribution is 2.38. The highest BCUT2D eigenvalue weighted by molar-refractivity contribution is 5.79. The van der Waals surface area contributed by atoms with E-state index in [-0.39, 0.29) is 12.1 Å². The first kappa shape index (κ1) is 11.2. The summed E-state index contributed by atoms with van der Waals surface area (Å²) >= 11 is 0. The summed E-state index contributed by atoms with van der Waals surface area (Å²) in [5.74, 6) is -0.193. The molecule has 0 atom stereocenters. The van der Waals surface area contributed by atoms with Crippen molar-refractivity contribution in [1.82, 2.24) is 0 Å². The third kappa shape index (κ3) is 2.15. The number of aliphatic hydroxyl groups is 1. The molecule has 0 aromatic heterocycles. The third-order valence-electron chi connectivity index (χ3n) is 2.92. The van der Waals surface area contributed by atoms with Gasteiger partial charge < -0.3 is 9.84 Å². The fourth-order valence-electron chi connectivity index (χ4n) is 1.88. The SMILES string of the molecule is C=CC1(C(=O)OCC)CCC(O)CC1. The molecule has 0 spiro atoms. The van der Waals surface area contributed by atoms with Gasteiger partial charge in [0.1, 0.15) is 0 Å². The Morgan fingerprint density at radius 1 is 1.64 bits per heavy atom. The van der Waals surface area contributed by atoms with Gasteiger partial charge in [0.15, 0.2) is 0 Å². The minimum atomic E-state index is -0.546. The van der Waals surface area contributed by atoms with Gasteiger partial charge in [0, 0.05) is 0 Å². The number of aliphatic hydroxyl groups excluding tert-OH is 1. The topological polar surface area (TPSA) is 46.5 Å². The molecular formula is C11H18O3. The van der Waals surface area contributed by atoms with Crippen LogP contribution in [-0.2, 0) is 9.53 Å². The van der Waals surface area contributed by atoms with Gasteiger partial charge in [-0.1, -0.05) is 6.08 Å². The van der Waals surface area contributed by atoms with Crippen LogP contribution < -0.4 is 0 Å². The second-order valence-corrected chi connectivity index (χ2v) is 3.81. The van der Waals surface area contributed by atoms with E-state index in [1.165, 1.54) is 0 Å². The van der Waals surface area contributed by atoms with Crippen LogP contribution in [0.25, 0.3) is 0 Å². The predicted octanol–water partition coefficient (Wildman–Crippen LogP) is 1.66. The van der Waals surface area contributed by atoms with E-state index in [2.05, 4.69) is 6.58 Å². The van der Waals surface area contributed by atoms with Gasteiger partial charge in [-0.3, -0.25) is 4.79 Å². The Morgan fingerprint density at radius 3 is 2.64 bits per heavy atom. The van der Waals surface area contributed by atoms with Crippen LogP contribution in [-0.4, -0.2) is 23.8 Å². The minimum Gasteiger partial charge on any atom is -0.465 e. The molecule has 3 nitrogen and oxygen atoms in total. The highest BCUT2D eigenvalue weighted by atomic mass is 16.5. The van der Waals surface area contributed by atoms with Crippen molar-refractivity contribution in [2.24, 2.45) is 5.41 Å². The van der Waals surface area contributed by atoms with E-state index in [1.807, 2.05) is 0 Å². The molecule has 0 unspecified atom stereocenters. The van der Waals surface area contributed by atoms with E-state index >= 15 is 0 Å². The Morgan fingerprint density at radius 2 is 2.21 bits per heavy atom. The summed E-state index contributed by atoms with van der Waals surface area (Å²) in [7, 11) is 0.